The Morgan fingerprint density at radius 3 is 2.45 bits per heavy atom. The highest BCUT2D eigenvalue weighted by Crippen LogP contribution is 2.27. The van der Waals surface area contributed by atoms with E-state index in [4.69, 9.17) is 11.6 Å². The van der Waals surface area contributed by atoms with Crippen LogP contribution in [0, 0.1) is 5.92 Å². The van der Waals surface area contributed by atoms with E-state index in [1.165, 1.54) is 12.8 Å². The van der Waals surface area contributed by atoms with Crippen LogP contribution in [0.1, 0.15) is 12.8 Å². The number of anilines is 1. The number of hydrogen-bond donors (Lipinski definition) is 3. The number of hydrogen-bond acceptors (Lipinski definition) is 3. The van der Waals surface area contributed by atoms with Crippen molar-refractivity contribution in [3.05, 3.63) is 29.3 Å². The van der Waals surface area contributed by atoms with Crippen molar-refractivity contribution < 1.29 is 9.59 Å². The Kier molecular flexibility index (Phi) is 5.38. The summed E-state index contributed by atoms with van der Waals surface area (Å²) in [6, 6.07) is 6.80. The SMILES string of the molecule is O=C(CNCC1CC1)NCC(=O)Nc1ccc(Cl)cc1. The Hall–Kier alpha value is -1.59. The van der Waals surface area contributed by atoms with Crippen LogP contribution in [0.25, 0.3) is 0 Å². The molecule has 1 aromatic carbocycles. The van der Waals surface area contributed by atoms with Crippen LogP contribution in [0.5, 0.6) is 0 Å². The number of carbonyl (C=O) groups is 2. The zero-order valence-electron chi connectivity index (χ0n) is 11.1. The predicted molar refractivity (Wildman–Crippen MR) is 78.7 cm³/mol. The second-order valence-corrected chi connectivity index (χ2v) is 5.34. The number of rotatable bonds is 7. The molecule has 2 amide bonds. The van der Waals surface area contributed by atoms with Crippen molar-refractivity contribution in [2.45, 2.75) is 12.8 Å². The molecule has 5 nitrogen and oxygen atoms in total. The van der Waals surface area contributed by atoms with E-state index in [1.54, 1.807) is 24.3 Å². The molecule has 0 aromatic heterocycles. The summed E-state index contributed by atoms with van der Waals surface area (Å²) in [4.78, 5) is 23.1. The summed E-state index contributed by atoms with van der Waals surface area (Å²) in [5.74, 6) is 0.302. The van der Waals surface area contributed by atoms with E-state index in [9.17, 15) is 9.59 Å². The van der Waals surface area contributed by atoms with Gasteiger partial charge in [0, 0.05) is 10.7 Å². The van der Waals surface area contributed by atoms with Crippen molar-refractivity contribution in [3.8, 4) is 0 Å². The summed E-state index contributed by atoms with van der Waals surface area (Å²) in [6.45, 7) is 1.10. The lowest BCUT2D eigenvalue weighted by molar-refractivity contribution is -0.123. The van der Waals surface area contributed by atoms with E-state index in [1.807, 2.05) is 0 Å². The van der Waals surface area contributed by atoms with Gasteiger partial charge in [0.15, 0.2) is 0 Å². The zero-order valence-corrected chi connectivity index (χ0v) is 11.9. The highest BCUT2D eigenvalue weighted by Gasteiger charge is 2.20. The molecule has 1 aliphatic rings. The van der Waals surface area contributed by atoms with Crippen molar-refractivity contribution in [1.29, 1.82) is 0 Å². The first kappa shape index (κ1) is 14.8. The molecule has 2 rings (SSSR count). The van der Waals surface area contributed by atoms with Crippen molar-refractivity contribution >= 4 is 29.1 Å². The predicted octanol–water partition coefficient (Wildman–Crippen LogP) is 1.39. The molecule has 0 unspecified atom stereocenters. The Morgan fingerprint density at radius 2 is 1.80 bits per heavy atom. The normalized spacial score (nSPS) is 13.8. The summed E-state index contributed by atoms with van der Waals surface area (Å²) < 4.78 is 0. The molecule has 6 heteroatoms. The lowest BCUT2D eigenvalue weighted by atomic mass is 10.3. The minimum Gasteiger partial charge on any atom is -0.346 e. The van der Waals surface area contributed by atoms with Crippen LogP contribution in [0.3, 0.4) is 0 Å². The quantitative estimate of drug-likeness (QED) is 0.712. The van der Waals surface area contributed by atoms with Crippen LogP contribution in [0.15, 0.2) is 24.3 Å². The Bertz CT molecular complexity index is 472. The molecule has 3 N–H and O–H groups in total. The molecule has 0 aliphatic heterocycles. The first-order valence-electron chi connectivity index (χ1n) is 6.66. The van der Waals surface area contributed by atoms with Gasteiger partial charge >= 0.3 is 0 Å². The average Bonchev–Trinajstić information content (AvgIpc) is 3.23. The van der Waals surface area contributed by atoms with Crippen LogP contribution in [0.2, 0.25) is 5.02 Å². The third-order valence-corrected chi connectivity index (χ3v) is 3.24. The summed E-state index contributed by atoms with van der Waals surface area (Å²) in [7, 11) is 0. The van der Waals surface area contributed by atoms with E-state index in [0.717, 1.165) is 12.5 Å². The van der Waals surface area contributed by atoms with Crippen LogP contribution >= 0.6 is 11.6 Å². The molecule has 20 heavy (non-hydrogen) atoms. The van der Waals surface area contributed by atoms with Crippen molar-refractivity contribution in [3.63, 3.8) is 0 Å². The van der Waals surface area contributed by atoms with E-state index < -0.39 is 0 Å². The Balaban J connectivity index is 1.61. The van der Waals surface area contributed by atoms with Gasteiger partial charge in [-0.25, -0.2) is 0 Å². The highest BCUT2D eigenvalue weighted by molar-refractivity contribution is 6.30. The fourth-order valence-electron chi connectivity index (χ4n) is 1.69. The van der Waals surface area contributed by atoms with Gasteiger partial charge in [0.25, 0.3) is 0 Å². The van der Waals surface area contributed by atoms with Gasteiger partial charge in [-0.15, -0.1) is 0 Å². The fraction of sp³-hybridized carbons (Fsp3) is 0.429. The summed E-state index contributed by atoms with van der Waals surface area (Å²) in [6.07, 6.45) is 2.50. The fourth-order valence-corrected chi connectivity index (χ4v) is 1.82. The lowest BCUT2D eigenvalue weighted by Gasteiger charge is -2.07. The molecule has 1 saturated carbocycles. The molecule has 0 atom stereocenters. The summed E-state index contributed by atoms with van der Waals surface area (Å²) >= 11 is 5.75. The number of carbonyl (C=O) groups excluding carboxylic acids is 2. The minimum absolute atomic E-state index is 0.0352. The number of amides is 2. The summed E-state index contributed by atoms with van der Waals surface area (Å²) in [5.41, 5.74) is 0.653. The monoisotopic (exact) mass is 295 g/mol. The molecular formula is C14H18ClN3O2. The van der Waals surface area contributed by atoms with Crippen molar-refractivity contribution in [1.82, 2.24) is 10.6 Å². The number of benzene rings is 1. The van der Waals surface area contributed by atoms with Gasteiger partial charge in [0.1, 0.15) is 0 Å². The molecular weight excluding hydrogens is 278 g/mol. The maximum absolute atomic E-state index is 11.6. The molecule has 0 saturated heterocycles. The topological polar surface area (TPSA) is 70.2 Å². The first-order chi connectivity index (χ1) is 9.63. The van der Waals surface area contributed by atoms with Crippen LogP contribution in [-0.4, -0.2) is 31.4 Å². The van der Waals surface area contributed by atoms with Gasteiger partial charge in [-0.2, -0.15) is 0 Å². The van der Waals surface area contributed by atoms with Gasteiger partial charge in [-0.1, -0.05) is 11.6 Å². The third-order valence-electron chi connectivity index (χ3n) is 2.99. The average molecular weight is 296 g/mol. The smallest absolute Gasteiger partial charge is 0.243 e. The zero-order chi connectivity index (χ0) is 14.4. The summed E-state index contributed by atoms with van der Waals surface area (Å²) in [5, 5.41) is 8.92. The van der Waals surface area contributed by atoms with Gasteiger partial charge in [0.05, 0.1) is 13.1 Å². The third kappa shape index (κ3) is 5.59. The largest absolute Gasteiger partial charge is 0.346 e. The van der Waals surface area contributed by atoms with Gasteiger partial charge in [-0.3, -0.25) is 9.59 Å². The highest BCUT2D eigenvalue weighted by atomic mass is 35.5. The molecule has 1 aromatic rings. The number of nitrogens with one attached hydrogen (secondary N) is 3. The second kappa shape index (κ2) is 7.26. The standard InChI is InChI=1S/C14H18ClN3O2/c15-11-3-5-12(6-4-11)18-14(20)9-17-13(19)8-16-7-10-1-2-10/h3-6,10,16H,1-2,7-9H2,(H,17,19)(H,18,20). The van der Waals surface area contributed by atoms with Gasteiger partial charge < -0.3 is 16.0 Å². The first-order valence-corrected chi connectivity index (χ1v) is 7.04. The number of halogens is 1. The molecule has 1 aliphatic carbocycles. The minimum atomic E-state index is -0.261. The van der Waals surface area contributed by atoms with Crippen LogP contribution in [-0.2, 0) is 9.59 Å². The van der Waals surface area contributed by atoms with Gasteiger partial charge in [0.2, 0.25) is 11.8 Å². The van der Waals surface area contributed by atoms with Crippen LogP contribution in [0.4, 0.5) is 5.69 Å². The lowest BCUT2D eigenvalue weighted by Crippen LogP contribution is -2.38. The molecule has 1 fully saturated rings. The van der Waals surface area contributed by atoms with Crippen molar-refractivity contribution in [2.24, 2.45) is 5.92 Å². The second-order valence-electron chi connectivity index (χ2n) is 4.91. The van der Waals surface area contributed by atoms with E-state index in [-0.39, 0.29) is 24.9 Å². The maximum Gasteiger partial charge on any atom is 0.243 e. The van der Waals surface area contributed by atoms with E-state index in [2.05, 4.69) is 16.0 Å². The van der Waals surface area contributed by atoms with E-state index in [0.29, 0.717) is 10.7 Å². The van der Waals surface area contributed by atoms with Crippen LogP contribution < -0.4 is 16.0 Å². The Morgan fingerprint density at radius 1 is 1.10 bits per heavy atom. The van der Waals surface area contributed by atoms with Gasteiger partial charge in [-0.05, 0) is 49.6 Å². The maximum atomic E-state index is 11.6. The molecule has 0 spiro atoms. The van der Waals surface area contributed by atoms with Crippen molar-refractivity contribution in [2.75, 3.05) is 25.0 Å². The molecule has 0 heterocycles. The van der Waals surface area contributed by atoms with E-state index >= 15 is 0 Å². The molecule has 0 radical (unpaired) electrons. The molecule has 108 valence electrons. The molecule has 0 bridgehead atoms. The Labute approximate surface area is 123 Å².